The van der Waals surface area contributed by atoms with Crippen molar-refractivity contribution < 1.29 is 9.53 Å². The molecule has 7 heteroatoms. The molecule has 1 fully saturated rings. The molecule has 0 bridgehead atoms. The maximum absolute atomic E-state index is 13.2. The normalized spacial score (nSPS) is 16.3. The molecule has 0 saturated carbocycles. The Balaban J connectivity index is 1.96. The van der Waals surface area contributed by atoms with Gasteiger partial charge in [0.15, 0.2) is 5.65 Å². The number of hydrogen-bond donors (Lipinski definition) is 0. The van der Waals surface area contributed by atoms with Crippen molar-refractivity contribution in [3.8, 4) is 11.1 Å². The van der Waals surface area contributed by atoms with Crippen molar-refractivity contribution in [1.82, 2.24) is 14.3 Å². The zero-order valence-electron chi connectivity index (χ0n) is 19.1. The van der Waals surface area contributed by atoms with Gasteiger partial charge in [-0.3, -0.25) is 9.30 Å². The van der Waals surface area contributed by atoms with E-state index in [0.29, 0.717) is 16.2 Å². The number of pyridine rings is 1. The van der Waals surface area contributed by atoms with Gasteiger partial charge in [0.05, 0.1) is 28.8 Å². The molecule has 0 spiro atoms. The maximum Gasteiger partial charge on any atom is 0.343 e. The van der Waals surface area contributed by atoms with Gasteiger partial charge >= 0.3 is 5.97 Å². The number of nitrogens with zero attached hydrogens (tertiary/aromatic N) is 4. The second-order valence-corrected chi connectivity index (χ2v) is 8.89. The minimum atomic E-state index is -0.461. The Morgan fingerprint density at radius 2 is 1.88 bits per heavy atom. The van der Waals surface area contributed by atoms with Gasteiger partial charge in [0, 0.05) is 12.1 Å². The van der Waals surface area contributed by atoms with Crippen LogP contribution < -0.4 is 4.90 Å². The first-order valence-electron chi connectivity index (χ1n) is 11.3. The fourth-order valence-electron chi connectivity index (χ4n) is 4.89. The number of hydrogen-bond acceptors (Lipinski definition) is 5. The lowest BCUT2D eigenvalue weighted by molar-refractivity contribution is 0.0528. The average Bonchev–Trinajstić information content (AvgIpc) is 3.44. The first-order chi connectivity index (χ1) is 16.0. The number of halogens is 1. The van der Waals surface area contributed by atoms with Crippen LogP contribution in [-0.4, -0.2) is 53.7 Å². The number of rotatable bonds is 5. The van der Waals surface area contributed by atoms with Gasteiger partial charge in [0.25, 0.3) is 0 Å². The Morgan fingerprint density at radius 1 is 1.15 bits per heavy atom. The summed E-state index contributed by atoms with van der Waals surface area (Å²) in [7, 11) is 4.20. The van der Waals surface area contributed by atoms with Gasteiger partial charge < -0.3 is 9.64 Å². The maximum atomic E-state index is 13.2. The van der Waals surface area contributed by atoms with Gasteiger partial charge in [0.1, 0.15) is 11.4 Å². The summed E-state index contributed by atoms with van der Waals surface area (Å²) in [6, 6.07) is 18.0. The molecule has 5 rings (SSSR count). The van der Waals surface area contributed by atoms with E-state index >= 15 is 0 Å². The summed E-state index contributed by atoms with van der Waals surface area (Å²) >= 11 is 7.10. The molecule has 0 N–H and O–H groups in total. The highest BCUT2D eigenvalue weighted by Gasteiger charge is 2.34. The van der Waals surface area contributed by atoms with Crippen LogP contribution in [-0.2, 0) is 4.74 Å². The van der Waals surface area contributed by atoms with Crippen LogP contribution in [0.3, 0.4) is 0 Å². The summed E-state index contributed by atoms with van der Waals surface area (Å²) in [5, 5.41) is 0.377. The number of aromatic nitrogens is 2. The monoisotopic (exact) mass is 462 g/mol. The second-order valence-electron chi connectivity index (χ2n) is 8.51. The first-order valence-corrected chi connectivity index (χ1v) is 11.7. The van der Waals surface area contributed by atoms with Gasteiger partial charge in [-0.1, -0.05) is 54.1 Å². The lowest BCUT2D eigenvalue weighted by atomic mass is 10.0. The van der Waals surface area contributed by atoms with Crippen LogP contribution in [0.5, 0.6) is 0 Å². The number of esters is 1. The van der Waals surface area contributed by atoms with Crippen molar-refractivity contribution in [2.24, 2.45) is 0 Å². The van der Waals surface area contributed by atoms with E-state index in [2.05, 4.69) is 28.3 Å². The van der Waals surface area contributed by atoms with Crippen molar-refractivity contribution >= 4 is 40.1 Å². The molecule has 2 aromatic heterocycles. The fourth-order valence-corrected chi connectivity index (χ4v) is 5.25. The molecule has 1 aliphatic heterocycles. The molecule has 170 valence electrons. The van der Waals surface area contributed by atoms with E-state index in [1.54, 1.807) is 6.92 Å². The predicted octanol–water partition coefficient (Wildman–Crippen LogP) is 5.47. The Labute approximate surface area is 198 Å². The van der Waals surface area contributed by atoms with Crippen molar-refractivity contribution in [1.29, 1.82) is 0 Å². The zero-order chi connectivity index (χ0) is 23.1. The Kier molecular flexibility index (Phi) is 5.72. The van der Waals surface area contributed by atoms with E-state index in [-0.39, 0.29) is 12.8 Å². The molecule has 0 radical (unpaired) electrons. The minimum Gasteiger partial charge on any atom is -0.462 e. The molecular formula is C26H27ClN4O2. The SMILES string of the molecule is CCOC(=O)c1c(Cl)c(-c2ccccc2)c(N2CCC[C@H]2N(C)C)n2c1nc1ccccc12. The van der Waals surface area contributed by atoms with Gasteiger partial charge in [-0.05, 0) is 51.6 Å². The van der Waals surface area contributed by atoms with Crippen LogP contribution in [0, 0.1) is 0 Å². The number of ether oxygens (including phenoxy) is 1. The van der Waals surface area contributed by atoms with Crippen LogP contribution in [0.25, 0.3) is 27.8 Å². The Bertz CT molecular complexity index is 1330. The highest BCUT2D eigenvalue weighted by atomic mass is 35.5. The van der Waals surface area contributed by atoms with Gasteiger partial charge in [0.2, 0.25) is 0 Å². The highest BCUT2D eigenvalue weighted by molar-refractivity contribution is 6.38. The smallest absolute Gasteiger partial charge is 0.343 e. The molecule has 33 heavy (non-hydrogen) atoms. The summed E-state index contributed by atoms with van der Waals surface area (Å²) in [5.74, 6) is 0.497. The third kappa shape index (κ3) is 3.54. The van der Waals surface area contributed by atoms with Crippen LogP contribution in [0.2, 0.25) is 5.02 Å². The third-order valence-electron chi connectivity index (χ3n) is 6.29. The Hall–Kier alpha value is -3.09. The third-order valence-corrected chi connectivity index (χ3v) is 6.67. The lowest BCUT2D eigenvalue weighted by Crippen LogP contribution is -2.41. The zero-order valence-corrected chi connectivity index (χ0v) is 19.8. The number of carbonyl (C=O) groups is 1. The molecule has 2 aromatic carbocycles. The predicted molar refractivity (Wildman–Crippen MR) is 133 cm³/mol. The highest BCUT2D eigenvalue weighted by Crippen LogP contribution is 2.44. The molecule has 0 amide bonds. The number of imidazole rings is 1. The summed E-state index contributed by atoms with van der Waals surface area (Å²) in [5.41, 5.74) is 4.35. The second kappa shape index (κ2) is 8.69. The molecule has 0 unspecified atom stereocenters. The summed E-state index contributed by atoms with van der Waals surface area (Å²) in [6.07, 6.45) is 2.33. The van der Waals surface area contributed by atoms with Crippen molar-refractivity contribution in [2.45, 2.75) is 25.9 Å². The largest absolute Gasteiger partial charge is 0.462 e. The number of para-hydroxylation sites is 2. The Morgan fingerprint density at radius 3 is 2.61 bits per heavy atom. The number of benzene rings is 2. The molecule has 1 aliphatic rings. The summed E-state index contributed by atoms with van der Waals surface area (Å²) in [6.45, 7) is 2.95. The van der Waals surface area contributed by atoms with E-state index in [1.807, 2.05) is 54.6 Å². The number of fused-ring (bicyclic) bond motifs is 3. The van der Waals surface area contributed by atoms with Gasteiger partial charge in [-0.25, -0.2) is 9.78 Å². The molecule has 3 heterocycles. The van der Waals surface area contributed by atoms with Crippen LogP contribution in [0.1, 0.15) is 30.1 Å². The first kappa shape index (κ1) is 21.7. The lowest BCUT2D eigenvalue weighted by Gasteiger charge is -2.34. The summed E-state index contributed by atoms with van der Waals surface area (Å²) in [4.78, 5) is 22.6. The van der Waals surface area contributed by atoms with E-state index < -0.39 is 5.97 Å². The molecular weight excluding hydrogens is 436 g/mol. The van der Waals surface area contributed by atoms with E-state index in [4.69, 9.17) is 21.3 Å². The number of anilines is 1. The van der Waals surface area contributed by atoms with Crippen molar-refractivity contribution in [2.75, 3.05) is 32.1 Å². The van der Waals surface area contributed by atoms with E-state index in [9.17, 15) is 4.79 Å². The van der Waals surface area contributed by atoms with Gasteiger partial charge in [-0.2, -0.15) is 0 Å². The summed E-state index contributed by atoms with van der Waals surface area (Å²) < 4.78 is 7.52. The van der Waals surface area contributed by atoms with Crippen molar-refractivity contribution in [3.05, 3.63) is 65.2 Å². The molecule has 0 aliphatic carbocycles. The van der Waals surface area contributed by atoms with E-state index in [1.165, 1.54) is 0 Å². The molecule has 1 saturated heterocycles. The van der Waals surface area contributed by atoms with Crippen LogP contribution in [0.15, 0.2) is 54.6 Å². The van der Waals surface area contributed by atoms with Crippen LogP contribution in [0.4, 0.5) is 5.82 Å². The molecule has 4 aromatic rings. The minimum absolute atomic E-state index is 0.210. The average molecular weight is 463 g/mol. The molecule has 6 nitrogen and oxygen atoms in total. The fraction of sp³-hybridized carbons (Fsp3) is 0.308. The topological polar surface area (TPSA) is 50.1 Å². The molecule has 1 atom stereocenters. The van der Waals surface area contributed by atoms with Crippen molar-refractivity contribution in [3.63, 3.8) is 0 Å². The van der Waals surface area contributed by atoms with E-state index in [0.717, 1.165) is 47.4 Å². The van der Waals surface area contributed by atoms with Gasteiger partial charge in [-0.15, -0.1) is 0 Å². The van der Waals surface area contributed by atoms with Crippen LogP contribution >= 0.6 is 11.6 Å². The standard InChI is InChI=1S/C26H27ClN4O2/c1-4-33-26(32)22-23(27)21(17-11-6-5-7-12-17)25(30-16-10-15-20(30)29(2)3)31-19-14-9-8-13-18(19)28-24(22)31/h5-9,11-14,20H,4,10,15-16H2,1-3H3/t20-/m0/s1. The quantitative estimate of drug-likeness (QED) is 0.368. The number of carbonyl (C=O) groups excluding carboxylic acids is 1.